The lowest BCUT2D eigenvalue weighted by Crippen LogP contribution is -2.38. The first kappa shape index (κ1) is 22.2. The lowest BCUT2D eigenvalue weighted by Gasteiger charge is -2.31. The van der Waals surface area contributed by atoms with Crippen LogP contribution in [0.25, 0.3) is 11.1 Å². The maximum atomic E-state index is 13.3. The molecule has 10 heteroatoms. The number of benzene rings is 2. The predicted octanol–water partition coefficient (Wildman–Crippen LogP) is 3.55. The van der Waals surface area contributed by atoms with Crippen LogP contribution in [-0.4, -0.2) is 40.5 Å². The molecule has 2 aliphatic rings. The van der Waals surface area contributed by atoms with Gasteiger partial charge in [-0.3, -0.25) is 4.57 Å². The van der Waals surface area contributed by atoms with Crippen LogP contribution in [0.3, 0.4) is 0 Å². The zero-order chi connectivity index (χ0) is 24.0. The monoisotopic (exact) mass is 494 g/mol. The molecule has 1 saturated carbocycles. The fourth-order valence-corrected chi connectivity index (χ4v) is 6.26. The maximum Gasteiger partial charge on any atom is 0.420 e. The van der Waals surface area contributed by atoms with Gasteiger partial charge < -0.3 is 8.94 Å². The molecule has 182 valence electrons. The Kier molecular flexibility index (Phi) is 5.57. The Bertz CT molecular complexity index is 1510. The highest BCUT2D eigenvalue weighted by atomic mass is 32.2. The van der Waals surface area contributed by atoms with Gasteiger partial charge in [0.05, 0.1) is 17.0 Å². The number of hydrogen-bond acceptors (Lipinski definition) is 7. The largest absolute Gasteiger partial charge is 0.420 e. The van der Waals surface area contributed by atoms with Gasteiger partial charge in [-0.05, 0) is 55.7 Å². The van der Waals surface area contributed by atoms with Crippen molar-refractivity contribution in [3.8, 4) is 0 Å². The van der Waals surface area contributed by atoms with E-state index in [-0.39, 0.29) is 17.0 Å². The van der Waals surface area contributed by atoms with Gasteiger partial charge in [0.25, 0.3) is 0 Å². The van der Waals surface area contributed by atoms with Crippen molar-refractivity contribution >= 4 is 21.1 Å². The van der Waals surface area contributed by atoms with Crippen molar-refractivity contribution in [1.82, 2.24) is 19.0 Å². The summed E-state index contributed by atoms with van der Waals surface area (Å²) in [5.74, 6) is 1.19. The smallest absolute Gasteiger partial charge is 0.408 e. The summed E-state index contributed by atoms with van der Waals surface area (Å²) in [6.45, 7) is 1.05. The summed E-state index contributed by atoms with van der Waals surface area (Å²) in [7, 11) is -3.69. The SMILES string of the molecule is O=c1oc2cc(S(=O)(=O)N3CCC(Cc4ccccc4)CC3)ccc2n1Cc1noc(C2CC2)n1. The van der Waals surface area contributed by atoms with Crippen molar-refractivity contribution < 1.29 is 17.4 Å². The Hall–Kier alpha value is -3.24. The molecule has 2 aromatic carbocycles. The Morgan fingerprint density at radius 3 is 2.51 bits per heavy atom. The molecule has 0 unspecified atom stereocenters. The molecule has 3 heterocycles. The molecule has 4 aromatic rings. The molecule has 1 aliphatic heterocycles. The van der Waals surface area contributed by atoms with Crippen molar-refractivity contribution in [2.45, 2.75) is 49.5 Å². The molecule has 9 nitrogen and oxygen atoms in total. The first-order valence-electron chi connectivity index (χ1n) is 12.0. The summed E-state index contributed by atoms with van der Waals surface area (Å²) in [6.07, 6.45) is 4.67. The number of aromatic nitrogens is 3. The molecular formula is C25H26N4O5S. The van der Waals surface area contributed by atoms with Crippen molar-refractivity contribution in [3.05, 3.63) is 76.4 Å². The van der Waals surface area contributed by atoms with Crippen LogP contribution in [0.15, 0.2) is 67.2 Å². The fraction of sp³-hybridized carbons (Fsp3) is 0.400. The molecule has 0 spiro atoms. The molecule has 6 rings (SSSR count). The van der Waals surface area contributed by atoms with Gasteiger partial charge >= 0.3 is 5.76 Å². The molecule has 2 fully saturated rings. The Morgan fingerprint density at radius 1 is 1.00 bits per heavy atom. The van der Waals surface area contributed by atoms with Crippen LogP contribution in [0, 0.1) is 5.92 Å². The van der Waals surface area contributed by atoms with E-state index in [1.54, 1.807) is 6.07 Å². The number of fused-ring (bicyclic) bond motifs is 1. The molecule has 0 radical (unpaired) electrons. The molecule has 0 N–H and O–H groups in total. The predicted molar refractivity (Wildman–Crippen MR) is 127 cm³/mol. The van der Waals surface area contributed by atoms with Gasteiger partial charge in [0.1, 0.15) is 0 Å². The summed E-state index contributed by atoms with van der Waals surface area (Å²) in [5.41, 5.74) is 2.00. The zero-order valence-corrected chi connectivity index (χ0v) is 20.0. The quantitative estimate of drug-likeness (QED) is 0.386. The highest BCUT2D eigenvalue weighted by Gasteiger charge is 2.31. The highest BCUT2D eigenvalue weighted by Crippen LogP contribution is 2.38. The molecule has 0 atom stereocenters. The van der Waals surface area contributed by atoms with E-state index in [1.807, 2.05) is 18.2 Å². The first-order valence-corrected chi connectivity index (χ1v) is 13.4. The van der Waals surface area contributed by atoms with Crippen LogP contribution in [0.1, 0.15) is 48.9 Å². The van der Waals surface area contributed by atoms with Gasteiger partial charge in [-0.25, -0.2) is 13.2 Å². The lowest BCUT2D eigenvalue weighted by molar-refractivity contribution is 0.273. The third-order valence-electron chi connectivity index (χ3n) is 6.93. The van der Waals surface area contributed by atoms with E-state index in [1.165, 1.54) is 26.6 Å². The topological polar surface area (TPSA) is 111 Å². The number of oxazole rings is 1. The number of nitrogens with zero attached hydrogens (tertiary/aromatic N) is 4. The van der Waals surface area contributed by atoms with E-state index in [2.05, 4.69) is 22.3 Å². The fourth-order valence-electron chi connectivity index (χ4n) is 4.78. The lowest BCUT2D eigenvalue weighted by atomic mass is 9.91. The van der Waals surface area contributed by atoms with Crippen LogP contribution in [0.2, 0.25) is 0 Å². The molecule has 1 aliphatic carbocycles. The normalized spacial score (nSPS) is 17.8. The van der Waals surface area contributed by atoms with Gasteiger partial charge in [0.15, 0.2) is 11.4 Å². The molecule has 0 amide bonds. The number of rotatable bonds is 7. The minimum Gasteiger partial charge on any atom is -0.408 e. The zero-order valence-electron chi connectivity index (χ0n) is 19.2. The minimum atomic E-state index is -3.69. The van der Waals surface area contributed by atoms with Crippen LogP contribution in [-0.2, 0) is 23.0 Å². The van der Waals surface area contributed by atoms with Crippen molar-refractivity contribution in [2.75, 3.05) is 13.1 Å². The first-order chi connectivity index (χ1) is 17.0. The number of sulfonamides is 1. The van der Waals surface area contributed by atoms with E-state index >= 15 is 0 Å². The minimum absolute atomic E-state index is 0.100. The van der Waals surface area contributed by atoms with Gasteiger partial charge in [-0.2, -0.15) is 9.29 Å². The molecular weight excluding hydrogens is 468 g/mol. The number of hydrogen-bond donors (Lipinski definition) is 0. The number of piperidine rings is 1. The van der Waals surface area contributed by atoms with E-state index < -0.39 is 15.8 Å². The molecule has 0 bridgehead atoms. The average Bonchev–Trinajstić information content (AvgIpc) is 3.53. The van der Waals surface area contributed by atoms with E-state index in [0.29, 0.717) is 42.2 Å². The Balaban J connectivity index is 1.18. The second-order valence-corrected chi connectivity index (χ2v) is 11.4. The summed E-state index contributed by atoms with van der Waals surface area (Å²) in [6, 6.07) is 14.9. The second-order valence-electron chi connectivity index (χ2n) is 9.44. The molecule has 35 heavy (non-hydrogen) atoms. The maximum absolute atomic E-state index is 13.3. The average molecular weight is 495 g/mol. The van der Waals surface area contributed by atoms with Crippen molar-refractivity contribution in [3.63, 3.8) is 0 Å². The van der Waals surface area contributed by atoms with E-state index in [4.69, 9.17) is 8.94 Å². The standard InChI is InChI=1S/C25H26N4O5S/c30-25-29(16-23-26-24(34-27-23)19-6-7-19)21-9-8-20(15-22(21)33-25)35(31,32)28-12-10-18(11-13-28)14-17-4-2-1-3-5-17/h1-5,8-9,15,18-19H,6-7,10-14,16H2. The van der Waals surface area contributed by atoms with E-state index in [9.17, 15) is 13.2 Å². The second kappa shape index (κ2) is 8.76. The van der Waals surface area contributed by atoms with E-state index in [0.717, 1.165) is 32.1 Å². The summed E-state index contributed by atoms with van der Waals surface area (Å²) < 4.78 is 40.2. The van der Waals surface area contributed by atoms with Crippen LogP contribution in [0.4, 0.5) is 0 Å². The summed E-state index contributed by atoms with van der Waals surface area (Å²) in [5, 5.41) is 3.96. The Morgan fingerprint density at radius 2 is 1.77 bits per heavy atom. The van der Waals surface area contributed by atoms with Crippen molar-refractivity contribution in [1.29, 1.82) is 0 Å². The summed E-state index contributed by atoms with van der Waals surface area (Å²) >= 11 is 0. The van der Waals surface area contributed by atoms with Gasteiger partial charge in [-0.15, -0.1) is 0 Å². The molecule has 1 saturated heterocycles. The third-order valence-corrected chi connectivity index (χ3v) is 8.82. The van der Waals surface area contributed by atoms with Crippen LogP contribution in [0.5, 0.6) is 0 Å². The Labute approximate surface area is 202 Å². The van der Waals surface area contributed by atoms with Crippen LogP contribution >= 0.6 is 0 Å². The van der Waals surface area contributed by atoms with Gasteiger partial charge in [0, 0.05) is 25.1 Å². The van der Waals surface area contributed by atoms with Crippen molar-refractivity contribution in [2.24, 2.45) is 5.92 Å². The molecule has 2 aromatic heterocycles. The van der Waals surface area contributed by atoms with Gasteiger partial charge in [-0.1, -0.05) is 35.5 Å². The third kappa shape index (κ3) is 4.43. The highest BCUT2D eigenvalue weighted by molar-refractivity contribution is 7.89. The van der Waals surface area contributed by atoms with Crippen LogP contribution < -0.4 is 5.76 Å². The van der Waals surface area contributed by atoms with Gasteiger partial charge in [0.2, 0.25) is 15.9 Å². The summed E-state index contributed by atoms with van der Waals surface area (Å²) in [4.78, 5) is 17.0.